The summed E-state index contributed by atoms with van der Waals surface area (Å²) in [5, 5.41) is 1.09. The maximum absolute atomic E-state index is 11.8. The van der Waals surface area contributed by atoms with E-state index >= 15 is 0 Å². The van der Waals surface area contributed by atoms with Gasteiger partial charge in [-0.05, 0) is 30.7 Å². The third kappa shape index (κ3) is 2.16. The van der Waals surface area contributed by atoms with Crippen LogP contribution in [0.15, 0.2) is 29.3 Å². The lowest BCUT2D eigenvalue weighted by Gasteiger charge is -2.18. The molecule has 3 heteroatoms. The Kier molecular flexibility index (Phi) is 3.02. The molecule has 1 heterocycles. The van der Waals surface area contributed by atoms with Crippen molar-refractivity contribution < 1.29 is 4.79 Å². The second-order valence-corrected chi connectivity index (χ2v) is 5.62. The summed E-state index contributed by atoms with van der Waals surface area (Å²) in [6, 6.07) is 8.24. The molecule has 1 fully saturated rings. The van der Waals surface area contributed by atoms with Crippen molar-refractivity contribution in [1.82, 2.24) is 0 Å². The summed E-state index contributed by atoms with van der Waals surface area (Å²) in [6.07, 6.45) is 6.26. The van der Waals surface area contributed by atoms with E-state index < -0.39 is 0 Å². The SMILES string of the molecule is O=C1SC(=NC2CCCCC2)c2ccccc21. The fraction of sp³-hybridized carbons (Fsp3) is 0.429. The van der Waals surface area contributed by atoms with E-state index in [-0.39, 0.29) is 5.12 Å². The molecule has 0 aromatic heterocycles. The summed E-state index contributed by atoms with van der Waals surface area (Å²) in [4.78, 5) is 16.6. The normalized spacial score (nSPS) is 23.1. The lowest BCUT2D eigenvalue weighted by Crippen LogP contribution is -2.11. The summed E-state index contributed by atoms with van der Waals surface area (Å²) in [5.74, 6) is 0. The molecule has 0 radical (unpaired) electrons. The molecule has 88 valence electrons. The zero-order valence-electron chi connectivity index (χ0n) is 9.69. The first-order valence-corrected chi connectivity index (χ1v) is 7.05. The first-order valence-electron chi connectivity index (χ1n) is 6.24. The molecule has 3 rings (SSSR count). The molecule has 17 heavy (non-hydrogen) atoms. The minimum atomic E-state index is 0.148. The van der Waals surface area contributed by atoms with Crippen LogP contribution in [-0.4, -0.2) is 16.2 Å². The van der Waals surface area contributed by atoms with Crippen LogP contribution in [0.3, 0.4) is 0 Å². The molecule has 1 aliphatic heterocycles. The van der Waals surface area contributed by atoms with Crippen molar-refractivity contribution in [2.75, 3.05) is 0 Å². The third-order valence-electron chi connectivity index (χ3n) is 3.44. The highest BCUT2D eigenvalue weighted by Gasteiger charge is 2.27. The van der Waals surface area contributed by atoms with E-state index in [4.69, 9.17) is 4.99 Å². The number of carbonyl (C=O) groups excluding carboxylic acids is 1. The van der Waals surface area contributed by atoms with Crippen LogP contribution < -0.4 is 0 Å². The highest BCUT2D eigenvalue weighted by Crippen LogP contribution is 2.32. The lowest BCUT2D eigenvalue weighted by molar-refractivity contribution is 0.109. The van der Waals surface area contributed by atoms with E-state index in [1.807, 2.05) is 24.3 Å². The Balaban J connectivity index is 1.90. The van der Waals surface area contributed by atoms with Gasteiger partial charge in [0.05, 0.1) is 6.04 Å². The molecule has 1 aliphatic carbocycles. The Morgan fingerprint density at radius 1 is 1.06 bits per heavy atom. The van der Waals surface area contributed by atoms with E-state index in [1.165, 1.54) is 43.9 Å². The molecule has 0 N–H and O–H groups in total. The number of nitrogens with zero attached hydrogens (tertiary/aromatic N) is 1. The lowest BCUT2D eigenvalue weighted by atomic mass is 9.96. The van der Waals surface area contributed by atoms with E-state index in [1.54, 1.807) is 0 Å². The number of hydrogen-bond acceptors (Lipinski definition) is 3. The monoisotopic (exact) mass is 245 g/mol. The number of fused-ring (bicyclic) bond motifs is 1. The first kappa shape index (κ1) is 11.0. The number of rotatable bonds is 1. The summed E-state index contributed by atoms with van der Waals surface area (Å²) in [6.45, 7) is 0. The third-order valence-corrected chi connectivity index (χ3v) is 4.37. The van der Waals surface area contributed by atoms with Crippen LogP contribution in [0.25, 0.3) is 0 Å². The number of thioether (sulfide) groups is 1. The molecule has 2 nitrogen and oxygen atoms in total. The van der Waals surface area contributed by atoms with Crippen LogP contribution in [0.4, 0.5) is 0 Å². The highest BCUT2D eigenvalue weighted by molar-refractivity contribution is 8.27. The molecule has 0 amide bonds. The predicted octanol–water partition coefficient (Wildman–Crippen LogP) is 3.65. The van der Waals surface area contributed by atoms with E-state index in [0.29, 0.717) is 6.04 Å². The Morgan fingerprint density at radius 3 is 2.53 bits per heavy atom. The van der Waals surface area contributed by atoms with Gasteiger partial charge in [-0.1, -0.05) is 37.5 Å². The second kappa shape index (κ2) is 4.65. The molecular formula is C14H15NOS. The van der Waals surface area contributed by atoms with Crippen LogP contribution in [0.2, 0.25) is 0 Å². The van der Waals surface area contributed by atoms with Crippen molar-refractivity contribution in [3.05, 3.63) is 35.4 Å². The van der Waals surface area contributed by atoms with Crippen molar-refractivity contribution in [2.24, 2.45) is 4.99 Å². The summed E-state index contributed by atoms with van der Waals surface area (Å²) in [7, 11) is 0. The number of hydrogen-bond donors (Lipinski definition) is 0. The first-order chi connectivity index (χ1) is 8.34. The molecule has 0 saturated heterocycles. The number of carbonyl (C=O) groups is 1. The standard InChI is InChI=1S/C14H15NOS/c16-14-12-9-5-4-8-11(12)13(17-14)15-10-6-2-1-3-7-10/h4-5,8-10H,1-3,6-7H2. The van der Waals surface area contributed by atoms with Gasteiger partial charge in [0.2, 0.25) is 5.12 Å². The molecule has 0 atom stereocenters. The number of aliphatic imine (C=N–C) groups is 1. The molecule has 0 unspecified atom stereocenters. The highest BCUT2D eigenvalue weighted by atomic mass is 32.2. The molecule has 1 aromatic carbocycles. The zero-order chi connectivity index (χ0) is 11.7. The van der Waals surface area contributed by atoms with Crippen molar-refractivity contribution in [3.63, 3.8) is 0 Å². The van der Waals surface area contributed by atoms with Gasteiger partial charge in [0.15, 0.2) is 0 Å². The zero-order valence-corrected chi connectivity index (χ0v) is 10.5. The predicted molar refractivity (Wildman–Crippen MR) is 71.8 cm³/mol. The number of benzene rings is 1. The van der Waals surface area contributed by atoms with Crippen molar-refractivity contribution in [3.8, 4) is 0 Å². The van der Waals surface area contributed by atoms with Gasteiger partial charge in [0.1, 0.15) is 5.04 Å². The van der Waals surface area contributed by atoms with Gasteiger partial charge >= 0.3 is 0 Å². The Bertz CT molecular complexity index is 475. The van der Waals surface area contributed by atoms with Crippen LogP contribution in [0, 0.1) is 0 Å². The fourth-order valence-corrected chi connectivity index (χ4v) is 3.47. The van der Waals surface area contributed by atoms with Gasteiger partial charge in [-0.3, -0.25) is 9.79 Å². The molecule has 0 spiro atoms. The van der Waals surface area contributed by atoms with E-state index in [9.17, 15) is 4.79 Å². The summed E-state index contributed by atoms with van der Waals surface area (Å²) in [5.41, 5.74) is 1.86. The van der Waals surface area contributed by atoms with Crippen molar-refractivity contribution in [1.29, 1.82) is 0 Å². The average Bonchev–Trinajstić information content (AvgIpc) is 2.69. The minimum Gasteiger partial charge on any atom is -0.281 e. The van der Waals surface area contributed by atoms with Gasteiger partial charge in [-0.25, -0.2) is 0 Å². The minimum absolute atomic E-state index is 0.148. The average molecular weight is 245 g/mol. The largest absolute Gasteiger partial charge is 0.281 e. The Morgan fingerprint density at radius 2 is 1.76 bits per heavy atom. The van der Waals surface area contributed by atoms with Crippen LogP contribution in [0.1, 0.15) is 48.0 Å². The van der Waals surface area contributed by atoms with Gasteiger partial charge in [-0.2, -0.15) is 0 Å². The maximum atomic E-state index is 11.8. The second-order valence-electron chi connectivity index (χ2n) is 4.66. The van der Waals surface area contributed by atoms with Crippen molar-refractivity contribution >= 4 is 21.9 Å². The fourth-order valence-electron chi connectivity index (χ4n) is 2.52. The summed E-state index contributed by atoms with van der Waals surface area (Å²) < 4.78 is 0. The topological polar surface area (TPSA) is 29.4 Å². The van der Waals surface area contributed by atoms with E-state index in [0.717, 1.165) is 16.2 Å². The van der Waals surface area contributed by atoms with Crippen LogP contribution >= 0.6 is 11.8 Å². The maximum Gasteiger partial charge on any atom is 0.226 e. The molecule has 0 bridgehead atoms. The Hall–Kier alpha value is -1.09. The molecule has 1 aromatic rings. The smallest absolute Gasteiger partial charge is 0.226 e. The van der Waals surface area contributed by atoms with Crippen LogP contribution in [0.5, 0.6) is 0 Å². The Labute approximate surface area is 106 Å². The molecule has 1 saturated carbocycles. The van der Waals surface area contributed by atoms with Gasteiger partial charge in [-0.15, -0.1) is 0 Å². The van der Waals surface area contributed by atoms with Gasteiger partial charge in [0.25, 0.3) is 0 Å². The van der Waals surface area contributed by atoms with E-state index in [2.05, 4.69) is 0 Å². The van der Waals surface area contributed by atoms with Gasteiger partial charge < -0.3 is 0 Å². The van der Waals surface area contributed by atoms with Crippen LogP contribution in [-0.2, 0) is 0 Å². The summed E-state index contributed by atoms with van der Waals surface area (Å²) >= 11 is 1.30. The molecule has 2 aliphatic rings. The molecular weight excluding hydrogens is 230 g/mol. The quantitative estimate of drug-likeness (QED) is 0.755. The van der Waals surface area contributed by atoms with Crippen molar-refractivity contribution in [2.45, 2.75) is 38.1 Å². The van der Waals surface area contributed by atoms with Gasteiger partial charge in [0, 0.05) is 11.1 Å².